The van der Waals surface area contributed by atoms with Gasteiger partial charge in [0.25, 0.3) is 5.70 Å². The lowest BCUT2D eigenvalue weighted by Crippen LogP contribution is -2.44. The summed E-state index contributed by atoms with van der Waals surface area (Å²) in [6.45, 7) is 5.79. The maximum Gasteiger partial charge on any atom is 0.299 e. The van der Waals surface area contributed by atoms with Crippen molar-refractivity contribution in [1.82, 2.24) is 15.1 Å². The summed E-state index contributed by atoms with van der Waals surface area (Å²) in [5.74, 6) is 0.722. The zero-order valence-electron chi connectivity index (χ0n) is 8.19. The lowest BCUT2D eigenvalue weighted by atomic mass is 10.3. The summed E-state index contributed by atoms with van der Waals surface area (Å²) in [6.07, 6.45) is 0. The van der Waals surface area contributed by atoms with Crippen molar-refractivity contribution >= 4 is 0 Å². The van der Waals surface area contributed by atoms with Crippen LogP contribution in [0.5, 0.6) is 0 Å². The van der Waals surface area contributed by atoms with E-state index in [0.29, 0.717) is 12.2 Å². The van der Waals surface area contributed by atoms with Crippen LogP contribution in [0.1, 0.15) is 6.92 Å². The van der Waals surface area contributed by atoms with E-state index in [9.17, 15) is 10.1 Å². The van der Waals surface area contributed by atoms with E-state index >= 15 is 0 Å². The van der Waals surface area contributed by atoms with Crippen LogP contribution in [0.2, 0.25) is 0 Å². The van der Waals surface area contributed by atoms with Gasteiger partial charge in [-0.1, -0.05) is 6.92 Å². The van der Waals surface area contributed by atoms with Gasteiger partial charge in [-0.2, -0.15) is 0 Å². The lowest BCUT2D eigenvalue weighted by Gasteiger charge is -2.31. The van der Waals surface area contributed by atoms with Gasteiger partial charge < -0.3 is 10.2 Å². The Hall–Kier alpha value is -1.30. The van der Waals surface area contributed by atoms with Crippen LogP contribution < -0.4 is 5.32 Å². The first-order valence-electron chi connectivity index (χ1n) is 4.81. The topological polar surface area (TPSA) is 61.6 Å². The molecule has 0 aromatic heterocycles. The summed E-state index contributed by atoms with van der Waals surface area (Å²) in [5.41, 5.74) is 0.301. The minimum absolute atomic E-state index is 0.275. The number of nitro groups is 1. The Kier molecular flexibility index (Phi) is 2.28. The van der Waals surface area contributed by atoms with Gasteiger partial charge in [0.15, 0.2) is 5.82 Å². The van der Waals surface area contributed by atoms with Gasteiger partial charge in [0.2, 0.25) is 0 Å². The summed E-state index contributed by atoms with van der Waals surface area (Å²) in [7, 11) is 0. The van der Waals surface area contributed by atoms with Crippen LogP contribution in [0.25, 0.3) is 0 Å². The van der Waals surface area contributed by atoms with Crippen molar-refractivity contribution in [3.8, 4) is 0 Å². The second-order valence-corrected chi connectivity index (χ2v) is 3.53. The number of rotatable bonds is 2. The average Bonchev–Trinajstić information content (AvgIpc) is 2.63. The van der Waals surface area contributed by atoms with Crippen LogP contribution in [-0.2, 0) is 0 Å². The van der Waals surface area contributed by atoms with E-state index in [2.05, 4.69) is 10.2 Å². The number of hydrogen-bond acceptors (Lipinski definition) is 5. The summed E-state index contributed by atoms with van der Waals surface area (Å²) >= 11 is 0. The number of nitrogens with one attached hydrogen (secondary N) is 1. The van der Waals surface area contributed by atoms with E-state index in [-0.39, 0.29) is 4.92 Å². The summed E-state index contributed by atoms with van der Waals surface area (Å²) in [5, 5.41) is 13.9. The molecule has 0 unspecified atom stereocenters. The Bertz CT molecular complexity index is 289. The highest BCUT2D eigenvalue weighted by molar-refractivity contribution is 5.13. The Morgan fingerprint density at radius 2 is 2.43 bits per heavy atom. The van der Waals surface area contributed by atoms with Crippen molar-refractivity contribution in [3.63, 3.8) is 0 Å². The Labute approximate surface area is 82.3 Å². The third-order valence-electron chi connectivity index (χ3n) is 2.68. The summed E-state index contributed by atoms with van der Waals surface area (Å²) in [6, 6.07) is 0. The van der Waals surface area contributed by atoms with E-state index in [4.69, 9.17) is 0 Å². The van der Waals surface area contributed by atoms with Crippen LogP contribution in [0.4, 0.5) is 0 Å². The first-order chi connectivity index (χ1) is 6.72. The van der Waals surface area contributed by atoms with Crippen molar-refractivity contribution in [2.45, 2.75) is 6.92 Å². The fourth-order valence-corrected chi connectivity index (χ4v) is 1.89. The van der Waals surface area contributed by atoms with E-state index in [1.165, 1.54) is 0 Å². The van der Waals surface area contributed by atoms with Gasteiger partial charge in [-0.25, -0.2) is 0 Å². The van der Waals surface area contributed by atoms with Gasteiger partial charge in [-0.05, 0) is 6.54 Å². The molecule has 1 fully saturated rings. The second-order valence-electron chi connectivity index (χ2n) is 3.53. The predicted octanol–water partition coefficient (Wildman–Crippen LogP) is -0.370. The number of fused-ring (bicyclic) bond motifs is 1. The molecule has 0 aliphatic carbocycles. The highest BCUT2D eigenvalue weighted by Gasteiger charge is 2.34. The molecule has 6 nitrogen and oxygen atoms in total. The first kappa shape index (κ1) is 9.26. The maximum atomic E-state index is 10.8. The molecule has 0 bridgehead atoms. The Morgan fingerprint density at radius 3 is 3.07 bits per heavy atom. The molecule has 0 amide bonds. The van der Waals surface area contributed by atoms with Gasteiger partial charge in [-0.3, -0.25) is 15.0 Å². The van der Waals surface area contributed by atoms with Crippen LogP contribution >= 0.6 is 0 Å². The Morgan fingerprint density at radius 1 is 1.64 bits per heavy atom. The fourth-order valence-electron chi connectivity index (χ4n) is 1.89. The maximum absolute atomic E-state index is 10.8. The molecule has 2 aliphatic rings. The molecule has 0 spiro atoms. The Balaban J connectivity index is 2.27. The van der Waals surface area contributed by atoms with E-state index < -0.39 is 0 Å². The van der Waals surface area contributed by atoms with E-state index in [0.717, 1.165) is 32.1 Å². The molecule has 0 saturated carbocycles. The zero-order valence-corrected chi connectivity index (χ0v) is 8.19. The number of hydrogen-bond donors (Lipinski definition) is 1. The van der Waals surface area contributed by atoms with Gasteiger partial charge in [0, 0.05) is 13.1 Å². The molecule has 0 radical (unpaired) electrons. The molecule has 0 aromatic carbocycles. The second kappa shape index (κ2) is 3.45. The summed E-state index contributed by atoms with van der Waals surface area (Å²) < 4.78 is 0. The third-order valence-corrected chi connectivity index (χ3v) is 2.68. The van der Waals surface area contributed by atoms with Crippen LogP contribution in [0, 0.1) is 10.1 Å². The largest absolute Gasteiger partial charge is 0.364 e. The molecule has 1 N–H and O–H groups in total. The predicted molar refractivity (Wildman–Crippen MR) is 50.8 cm³/mol. The number of nitrogens with zero attached hydrogens (tertiary/aromatic N) is 3. The lowest BCUT2D eigenvalue weighted by molar-refractivity contribution is -0.432. The highest BCUT2D eigenvalue weighted by Crippen LogP contribution is 2.19. The standard InChI is InChI=1S/C8H14N4O2/c1-2-10-5-7(12(13)14)8-9-3-4-11(8)6-10/h9H,2-6H2,1H3. The smallest absolute Gasteiger partial charge is 0.299 e. The van der Waals surface area contributed by atoms with Gasteiger partial charge in [0.1, 0.15) is 0 Å². The quantitative estimate of drug-likeness (QED) is 0.484. The minimum atomic E-state index is -0.275. The first-order valence-corrected chi connectivity index (χ1v) is 4.81. The molecule has 1 saturated heterocycles. The number of likely N-dealkylation sites (N-methyl/N-ethyl adjacent to an activating group) is 1. The van der Waals surface area contributed by atoms with E-state index in [1.807, 2.05) is 11.8 Å². The molecule has 0 aromatic rings. The van der Waals surface area contributed by atoms with Crippen molar-refractivity contribution in [3.05, 3.63) is 21.6 Å². The van der Waals surface area contributed by atoms with Crippen molar-refractivity contribution in [2.24, 2.45) is 0 Å². The molecular weight excluding hydrogens is 184 g/mol. The molecule has 2 heterocycles. The molecule has 78 valence electrons. The molecule has 2 aliphatic heterocycles. The van der Waals surface area contributed by atoms with Crippen molar-refractivity contribution in [2.75, 3.05) is 32.8 Å². The summed E-state index contributed by atoms with van der Waals surface area (Å²) in [4.78, 5) is 14.6. The monoisotopic (exact) mass is 198 g/mol. The fraction of sp³-hybridized carbons (Fsp3) is 0.750. The molecule has 0 atom stereocenters. The van der Waals surface area contributed by atoms with Crippen molar-refractivity contribution < 1.29 is 4.92 Å². The van der Waals surface area contributed by atoms with Gasteiger partial charge >= 0.3 is 0 Å². The highest BCUT2D eigenvalue weighted by atomic mass is 16.6. The third kappa shape index (κ3) is 1.41. The molecule has 14 heavy (non-hydrogen) atoms. The van der Waals surface area contributed by atoms with Crippen LogP contribution in [0.15, 0.2) is 11.5 Å². The van der Waals surface area contributed by atoms with Crippen LogP contribution in [-0.4, -0.2) is 47.6 Å². The minimum Gasteiger partial charge on any atom is -0.364 e. The van der Waals surface area contributed by atoms with Gasteiger partial charge in [-0.15, -0.1) is 0 Å². The SMILES string of the molecule is CCN1CC([N+](=O)[O-])=C2NCCN2C1. The normalized spacial score (nSPS) is 22.2. The van der Waals surface area contributed by atoms with Crippen molar-refractivity contribution in [1.29, 1.82) is 0 Å². The van der Waals surface area contributed by atoms with Gasteiger partial charge in [0.05, 0.1) is 18.1 Å². The van der Waals surface area contributed by atoms with Crippen LogP contribution in [0.3, 0.4) is 0 Å². The molecule has 2 rings (SSSR count). The molecule has 6 heteroatoms. The molecular formula is C8H14N4O2. The zero-order chi connectivity index (χ0) is 10.1. The average molecular weight is 198 g/mol. The van der Waals surface area contributed by atoms with E-state index in [1.54, 1.807) is 0 Å².